The number of hydrogen-bond donors (Lipinski definition) is 3. The highest BCUT2D eigenvalue weighted by atomic mass is 16.5. The van der Waals surface area contributed by atoms with E-state index in [2.05, 4.69) is 20.9 Å². The molecule has 1 unspecified atom stereocenters. The van der Waals surface area contributed by atoms with E-state index in [4.69, 9.17) is 10.6 Å². The highest BCUT2D eigenvalue weighted by Crippen LogP contribution is 2.00. The number of nitrogens with two attached hydrogens (primary N) is 1. The van der Waals surface area contributed by atoms with Crippen LogP contribution in [0, 0.1) is 5.92 Å². The van der Waals surface area contributed by atoms with E-state index in [1.165, 1.54) is 0 Å². The number of ether oxygens (including phenoxy) is 1. The predicted molar refractivity (Wildman–Crippen MR) is 63.2 cm³/mol. The summed E-state index contributed by atoms with van der Waals surface area (Å²) in [5.74, 6) is 5.54. The van der Waals surface area contributed by atoms with Gasteiger partial charge in [0.25, 0.3) is 5.91 Å². The number of carbonyl (C=O) groups is 1. The quantitative estimate of drug-likeness (QED) is 0.468. The van der Waals surface area contributed by atoms with Crippen molar-refractivity contribution in [2.75, 3.05) is 25.7 Å². The molecule has 0 bridgehead atoms. The second kappa shape index (κ2) is 6.77. The lowest BCUT2D eigenvalue weighted by molar-refractivity contribution is 0.0928. The van der Waals surface area contributed by atoms with Gasteiger partial charge in [0.05, 0.1) is 6.61 Å². The molecule has 1 atom stereocenters. The number of methoxy groups -OCH3 is 1. The topological polar surface area (TPSA) is 102 Å². The minimum atomic E-state index is -0.260. The lowest BCUT2D eigenvalue weighted by Gasteiger charge is -2.10. The molecule has 0 aliphatic carbocycles. The number of nitrogens with zero attached hydrogens (tertiary/aromatic N) is 2. The van der Waals surface area contributed by atoms with Crippen LogP contribution in [0.15, 0.2) is 12.1 Å². The molecule has 1 aromatic heterocycles. The Labute approximate surface area is 99.7 Å². The van der Waals surface area contributed by atoms with Gasteiger partial charge in [-0.25, -0.2) is 5.84 Å². The van der Waals surface area contributed by atoms with Crippen molar-refractivity contribution in [1.29, 1.82) is 0 Å². The van der Waals surface area contributed by atoms with E-state index in [0.29, 0.717) is 19.0 Å². The molecule has 7 heteroatoms. The van der Waals surface area contributed by atoms with Gasteiger partial charge in [-0.2, -0.15) is 0 Å². The summed E-state index contributed by atoms with van der Waals surface area (Å²) < 4.78 is 4.97. The van der Waals surface area contributed by atoms with Crippen molar-refractivity contribution in [3.63, 3.8) is 0 Å². The zero-order valence-corrected chi connectivity index (χ0v) is 9.93. The Morgan fingerprint density at radius 2 is 2.29 bits per heavy atom. The summed E-state index contributed by atoms with van der Waals surface area (Å²) in [4.78, 5) is 11.6. The molecule has 7 nitrogen and oxygen atoms in total. The Kier molecular flexibility index (Phi) is 5.31. The van der Waals surface area contributed by atoms with Gasteiger partial charge in [0.1, 0.15) is 0 Å². The number of hydrazine groups is 1. The van der Waals surface area contributed by atoms with Crippen LogP contribution in [-0.4, -0.2) is 36.4 Å². The Morgan fingerprint density at radius 1 is 1.53 bits per heavy atom. The first-order chi connectivity index (χ1) is 8.17. The minimum absolute atomic E-state index is 0.252. The van der Waals surface area contributed by atoms with E-state index >= 15 is 0 Å². The fraction of sp³-hybridized carbons (Fsp3) is 0.500. The summed E-state index contributed by atoms with van der Waals surface area (Å²) in [5, 5.41) is 10.2. The minimum Gasteiger partial charge on any atom is -0.384 e. The average molecular weight is 239 g/mol. The van der Waals surface area contributed by atoms with Crippen LogP contribution >= 0.6 is 0 Å². The Balaban J connectivity index is 2.46. The largest absolute Gasteiger partial charge is 0.384 e. The molecular formula is C10H17N5O2. The maximum Gasteiger partial charge on any atom is 0.271 e. The van der Waals surface area contributed by atoms with Crippen molar-refractivity contribution in [3.05, 3.63) is 17.8 Å². The van der Waals surface area contributed by atoms with Gasteiger partial charge in [-0.1, -0.05) is 6.92 Å². The standard InChI is InChI=1S/C10H17N5O2/c1-7(6-17-2)5-12-10(16)8-3-4-9(13-11)15-14-8/h3-4,7H,5-6,11H2,1-2H3,(H,12,16)(H,13,15). The zero-order valence-electron chi connectivity index (χ0n) is 9.93. The van der Waals surface area contributed by atoms with Gasteiger partial charge in [0.2, 0.25) is 0 Å². The van der Waals surface area contributed by atoms with Crippen molar-refractivity contribution >= 4 is 11.7 Å². The van der Waals surface area contributed by atoms with Crippen LogP contribution < -0.4 is 16.6 Å². The van der Waals surface area contributed by atoms with Crippen LogP contribution in [0.5, 0.6) is 0 Å². The van der Waals surface area contributed by atoms with E-state index < -0.39 is 0 Å². The number of amides is 1. The molecule has 0 aliphatic rings. The van der Waals surface area contributed by atoms with Crippen molar-refractivity contribution in [1.82, 2.24) is 15.5 Å². The van der Waals surface area contributed by atoms with E-state index in [1.807, 2.05) is 6.92 Å². The molecule has 4 N–H and O–H groups in total. The predicted octanol–water partition coefficient (Wildman–Crippen LogP) is -0.225. The third kappa shape index (κ3) is 4.33. The average Bonchev–Trinajstić information content (AvgIpc) is 2.36. The van der Waals surface area contributed by atoms with E-state index in [9.17, 15) is 4.79 Å². The number of aromatic nitrogens is 2. The van der Waals surface area contributed by atoms with Gasteiger partial charge < -0.3 is 15.5 Å². The molecule has 0 radical (unpaired) electrons. The van der Waals surface area contributed by atoms with Crippen LogP contribution in [-0.2, 0) is 4.74 Å². The van der Waals surface area contributed by atoms with Gasteiger partial charge >= 0.3 is 0 Å². The van der Waals surface area contributed by atoms with Gasteiger partial charge in [0, 0.05) is 13.7 Å². The Bertz CT molecular complexity index is 354. The highest BCUT2D eigenvalue weighted by Gasteiger charge is 2.09. The SMILES string of the molecule is COCC(C)CNC(=O)c1ccc(NN)nn1. The van der Waals surface area contributed by atoms with Gasteiger partial charge in [-0.3, -0.25) is 4.79 Å². The smallest absolute Gasteiger partial charge is 0.271 e. The number of nitrogens with one attached hydrogen (secondary N) is 2. The van der Waals surface area contributed by atoms with E-state index in [0.717, 1.165) is 0 Å². The fourth-order valence-electron chi connectivity index (χ4n) is 1.23. The van der Waals surface area contributed by atoms with Gasteiger partial charge in [-0.05, 0) is 18.1 Å². The van der Waals surface area contributed by atoms with Gasteiger partial charge in [0.15, 0.2) is 11.5 Å². The molecule has 94 valence electrons. The second-order valence-corrected chi connectivity index (χ2v) is 3.72. The molecule has 0 aliphatic heterocycles. The van der Waals surface area contributed by atoms with E-state index in [1.54, 1.807) is 19.2 Å². The first-order valence-corrected chi connectivity index (χ1v) is 5.25. The molecule has 1 rings (SSSR count). The molecule has 1 aromatic rings. The lowest BCUT2D eigenvalue weighted by Crippen LogP contribution is -2.30. The van der Waals surface area contributed by atoms with Crippen molar-refractivity contribution in [2.45, 2.75) is 6.92 Å². The van der Waals surface area contributed by atoms with Crippen LogP contribution in [0.1, 0.15) is 17.4 Å². The van der Waals surface area contributed by atoms with Crippen molar-refractivity contribution in [2.24, 2.45) is 11.8 Å². The van der Waals surface area contributed by atoms with Gasteiger partial charge in [-0.15, -0.1) is 10.2 Å². The summed E-state index contributed by atoms with van der Waals surface area (Å²) in [6, 6.07) is 3.14. The normalized spacial score (nSPS) is 11.9. The molecule has 1 heterocycles. The molecule has 17 heavy (non-hydrogen) atoms. The van der Waals surface area contributed by atoms with Crippen LogP contribution in [0.2, 0.25) is 0 Å². The summed E-state index contributed by atoms with van der Waals surface area (Å²) >= 11 is 0. The lowest BCUT2D eigenvalue weighted by atomic mass is 10.2. The first kappa shape index (κ1) is 13.3. The molecule has 1 amide bonds. The van der Waals surface area contributed by atoms with Crippen LogP contribution in [0.3, 0.4) is 0 Å². The number of hydrogen-bond acceptors (Lipinski definition) is 6. The van der Waals surface area contributed by atoms with Crippen molar-refractivity contribution in [3.8, 4) is 0 Å². The van der Waals surface area contributed by atoms with Crippen LogP contribution in [0.4, 0.5) is 5.82 Å². The summed E-state index contributed by atoms with van der Waals surface area (Å²) in [6.07, 6.45) is 0. The molecule has 0 fully saturated rings. The summed E-state index contributed by atoms with van der Waals surface area (Å²) in [5.41, 5.74) is 2.60. The highest BCUT2D eigenvalue weighted by molar-refractivity contribution is 5.92. The molecule has 0 saturated carbocycles. The maximum absolute atomic E-state index is 11.6. The Hall–Kier alpha value is -1.73. The number of anilines is 1. The molecule has 0 aromatic carbocycles. The fourth-order valence-corrected chi connectivity index (χ4v) is 1.23. The summed E-state index contributed by atoms with van der Waals surface area (Å²) in [6.45, 7) is 3.12. The third-order valence-corrected chi connectivity index (χ3v) is 2.11. The van der Waals surface area contributed by atoms with E-state index in [-0.39, 0.29) is 17.5 Å². The van der Waals surface area contributed by atoms with Crippen molar-refractivity contribution < 1.29 is 9.53 Å². The summed E-state index contributed by atoms with van der Waals surface area (Å²) in [7, 11) is 1.63. The molecule has 0 spiro atoms. The van der Waals surface area contributed by atoms with Crippen LogP contribution in [0.25, 0.3) is 0 Å². The molecule has 0 saturated heterocycles. The number of rotatable bonds is 6. The number of carbonyl (C=O) groups excluding carboxylic acids is 1. The molecular weight excluding hydrogens is 222 g/mol. The third-order valence-electron chi connectivity index (χ3n) is 2.11. The number of nitrogen functional groups attached to an aromatic ring is 1. The second-order valence-electron chi connectivity index (χ2n) is 3.72. The maximum atomic E-state index is 11.6. The first-order valence-electron chi connectivity index (χ1n) is 5.25. The zero-order chi connectivity index (χ0) is 12.7. The Morgan fingerprint density at radius 3 is 2.82 bits per heavy atom. The monoisotopic (exact) mass is 239 g/mol.